The first-order valence-corrected chi connectivity index (χ1v) is 9.81. The van der Waals surface area contributed by atoms with E-state index in [2.05, 4.69) is 15.4 Å². The van der Waals surface area contributed by atoms with Crippen molar-refractivity contribution in [2.45, 2.75) is 25.9 Å². The number of hydrogen-bond acceptors (Lipinski definition) is 5. The topological polar surface area (TPSA) is 87.1 Å². The number of urea groups is 1. The van der Waals surface area contributed by atoms with Gasteiger partial charge in [-0.2, -0.15) is 9.49 Å². The van der Waals surface area contributed by atoms with Crippen LogP contribution in [0.3, 0.4) is 0 Å². The van der Waals surface area contributed by atoms with Crippen molar-refractivity contribution in [1.82, 2.24) is 20.2 Å². The normalized spacial score (nSPS) is 19.3. The molecule has 2 aromatic rings. The van der Waals surface area contributed by atoms with Gasteiger partial charge in [-0.25, -0.2) is 24.0 Å². The molecule has 1 unspecified atom stereocenters. The van der Waals surface area contributed by atoms with E-state index in [1.807, 2.05) is 31.2 Å². The maximum atomic E-state index is 13.5. The fourth-order valence-corrected chi connectivity index (χ4v) is 3.54. The van der Waals surface area contributed by atoms with Gasteiger partial charge in [-0.3, -0.25) is 4.90 Å². The molecule has 31 heavy (non-hydrogen) atoms. The lowest BCUT2D eigenvalue weighted by Crippen LogP contribution is -2.46. The van der Waals surface area contributed by atoms with E-state index >= 15 is 0 Å². The second kappa shape index (κ2) is 8.29. The summed E-state index contributed by atoms with van der Waals surface area (Å²) >= 11 is 0. The Hall–Kier alpha value is -3.56. The molecule has 0 radical (unpaired) electrons. The first kappa shape index (κ1) is 20.7. The molecule has 1 saturated heterocycles. The highest BCUT2D eigenvalue weighted by atomic mass is 19.2. The van der Waals surface area contributed by atoms with Crippen LogP contribution in [0.1, 0.15) is 29.7 Å². The van der Waals surface area contributed by atoms with Crippen LogP contribution < -0.4 is 5.32 Å². The van der Waals surface area contributed by atoms with E-state index in [-0.39, 0.29) is 13.2 Å². The highest BCUT2D eigenvalue weighted by Gasteiger charge is 2.40. The van der Waals surface area contributed by atoms with Gasteiger partial charge in [-0.1, -0.05) is 29.8 Å². The lowest BCUT2D eigenvalue weighted by Gasteiger charge is -2.23. The van der Waals surface area contributed by atoms with Gasteiger partial charge in [-0.05, 0) is 31.0 Å². The number of nitrogens with one attached hydrogen (secondary N) is 1. The van der Waals surface area contributed by atoms with Crippen LogP contribution in [-0.2, 0) is 4.74 Å². The minimum absolute atomic E-state index is 0.146. The number of ether oxygens (including phenoxy) is 1. The Morgan fingerprint density at radius 3 is 2.68 bits per heavy atom. The Kier molecular flexibility index (Phi) is 5.53. The van der Waals surface area contributed by atoms with Gasteiger partial charge in [0.2, 0.25) is 5.95 Å². The Balaban J connectivity index is 1.55. The quantitative estimate of drug-likeness (QED) is 0.757. The van der Waals surface area contributed by atoms with Crippen molar-refractivity contribution < 1.29 is 23.1 Å². The summed E-state index contributed by atoms with van der Waals surface area (Å²) in [5.41, 5.74) is 2.76. The molecule has 2 atom stereocenters. The summed E-state index contributed by atoms with van der Waals surface area (Å²) < 4.78 is 31.6. The number of halogens is 2. The lowest BCUT2D eigenvalue weighted by molar-refractivity contribution is 0.150. The molecule has 8 nitrogen and oxygen atoms in total. The molecule has 1 aromatic carbocycles. The smallest absolute Gasteiger partial charge is 0.410 e. The Bertz CT molecular complexity index is 1040. The number of aromatic nitrogens is 1. The molecular formula is C21H21F2N5O3. The van der Waals surface area contributed by atoms with E-state index in [1.165, 1.54) is 5.01 Å². The zero-order valence-corrected chi connectivity index (χ0v) is 17.0. The molecular weight excluding hydrogens is 408 g/mol. The number of hydrazone groups is 1. The third-order valence-corrected chi connectivity index (χ3v) is 5.30. The Morgan fingerprint density at radius 2 is 2.03 bits per heavy atom. The zero-order chi connectivity index (χ0) is 22.1. The summed E-state index contributed by atoms with van der Waals surface area (Å²) in [6, 6.07) is 7.00. The maximum Gasteiger partial charge on any atom is 0.410 e. The summed E-state index contributed by atoms with van der Waals surface area (Å²) in [5.74, 6) is -2.29. The average Bonchev–Trinajstić information content (AvgIpc) is 3.36. The molecule has 3 amide bonds. The van der Waals surface area contributed by atoms with Crippen molar-refractivity contribution in [3.8, 4) is 0 Å². The molecule has 2 aliphatic rings. The summed E-state index contributed by atoms with van der Waals surface area (Å²) in [6.45, 7) is 4.42. The average molecular weight is 429 g/mol. The first-order chi connectivity index (χ1) is 14.8. The number of amides is 3. The minimum atomic E-state index is -1.20. The van der Waals surface area contributed by atoms with E-state index in [4.69, 9.17) is 4.74 Å². The highest BCUT2D eigenvalue weighted by molar-refractivity contribution is 6.07. The second-order valence-electron chi connectivity index (χ2n) is 7.47. The van der Waals surface area contributed by atoms with Crippen molar-refractivity contribution >= 4 is 17.8 Å². The predicted molar refractivity (Wildman–Crippen MR) is 107 cm³/mol. The van der Waals surface area contributed by atoms with E-state index < -0.39 is 36.0 Å². The van der Waals surface area contributed by atoms with E-state index in [9.17, 15) is 18.4 Å². The Labute approximate surface area is 177 Å². The summed E-state index contributed by atoms with van der Waals surface area (Å²) in [6.07, 6.45) is 0.713. The number of hydrogen-bond donors (Lipinski definition) is 1. The van der Waals surface area contributed by atoms with Crippen molar-refractivity contribution in [1.29, 1.82) is 0 Å². The largest absolute Gasteiger partial charge is 0.448 e. The fourth-order valence-electron chi connectivity index (χ4n) is 3.54. The van der Waals surface area contributed by atoms with Gasteiger partial charge in [0.05, 0.1) is 30.9 Å². The third-order valence-electron chi connectivity index (χ3n) is 5.30. The van der Waals surface area contributed by atoms with Crippen molar-refractivity contribution in [3.63, 3.8) is 0 Å². The lowest BCUT2D eigenvalue weighted by atomic mass is 10.0. The SMILES string of the molecule is Cc1ccc(C2=NN(C(=O)NC(C)c3cnc(F)c(F)c3)C[C@H]2N2CCOC2=O)cc1. The van der Waals surface area contributed by atoms with Crippen LogP contribution in [0.2, 0.25) is 0 Å². The number of carbonyl (C=O) groups excluding carboxylic acids is 2. The number of cyclic esters (lactones) is 1. The van der Waals surface area contributed by atoms with Gasteiger partial charge in [0, 0.05) is 6.20 Å². The Morgan fingerprint density at radius 1 is 1.29 bits per heavy atom. The third kappa shape index (κ3) is 4.18. The molecule has 4 rings (SSSR count). The standard InChI is InChI=1S/C21H21F2N5O3/c1-12-3-5-14(6-4-12)18-17(27-7-8-31-21(27)30)11-28(26-18)20(29)25-13(2)15-9-16(22)19(23)24-10-15/h3-6,9-10,13,17H,7-8,11H2,1-2H3,(H,25,29)/t13?,17-/m1/s1. The van der Waals surface area contributed by atoms with Crippen LogP contribution in [0.15, 0.2) is 41.6 Å². The van der Waals surface area contributed by atoms with Crippen LogP contribution in [0.5, 0.6) is 0 Å². The van der Waals surface area contributed by atoms with Crippen LogP contribution >= 0.6 is 0 Å². The van der Waals surface area contributed by atoms with Crippen molar-refractivity contribution in [2.75, 3.05) is 19.7 Å². The number of aryl methyl sites for hydroxylation is 1. The fraction of sp³-hybridized carbons (Fsp3) is 0.333. The number of carbonyl (C=O) groups is 2. The molecule has 1 N–H and O–H groups in total. The molecule has 2 aliphatic heterocycles. The van der Waals surface area contributed by atoms with Gasteiger partial charge in [0.15, 0.2) is 5.82 Å². The van der Waals surface area contributed by atoms with Gasteiger partial charge >= 0.3 is 12.1 Å². The molecule has 1 aromatic heterocycles. The predicted octanol–water partition coefficient (Wildman–Crippen LogP) is 2.98. The summed E-state index contributed by atoms with van der Waals surface area (Å²) in [4.78, 5) is 29.9. The highest BCUT2D eigenvalue weighted by Crippen LogP contribution is 2.23. The molecule has 0 bridgehead atoms. The van der Waals surface area contributed by atoms with Gasteiger partial charge in [0.25, 0.3) is 0 Å². The van der Waals surface area contributed by atoms with Crippen molar-refractivity contribution in [2.24, 2.45) is 5.10 Å². The van der Waals surface area contributed by atoms with Crippen LogP contribution in [0.4, 0.5) is 18.4 Å². The molecule has 1 fully saturated rings. The second-order valence-corrected chi connectivity index (χ2v) is 7.47. The summed E-state index contributed by atoms with van der Waals surface area (Å²) in [5, 5.41) is 8.40. The van der Waals surface area contributed by atoms with Crippen molar-refractivity contribution in [3.05, 3.63) is 65.0 Å². The van der Waals surface area contributed by atoms with Crippen LogP contribution in [0.25, 0.3) is 0 Å². The monoisotopic (exact) mass is 429 g/mol. The number of rotatable bonds is 4. The molecule has 10 heteroatoms. The maximum absolute atomic E-state index is 13.5. The van der Waals surface area contributed by atoms with E-state index in [0.717, 1.165) is 23.4 Å². The van der Waals surface area contributed by atoms with Gasteiger partial charge < -0.3 is 10.1 Å². The molecule has 0 spiro atoms. The molecule has 0 aliphatic carbocycles. The number of nitrogens with zero attached hydrogens (tertiary/aromatic N) is 4. The van der Waals surface area contributed by atoms with E-state index in [0.29, 0.717) is 17.8 Å². The van der Waals surface area contributed by atoms with Crippen LogP contribution in [-0.4, -0.2) is 58.5 Å². The van der Waals surface area contributed by atoms with Crippen LogP contribution in [0, 0.1) is 18.7 Å². The van der Waals surface area contributed by atoms with Gasteiger partial charge in [-0.15, -0.1) is 0 Å². The molecule has 3 heterocycles. The summed E-state index contributed by atoms with van der Waals surface area (Å²) in [7, 11) is 0. The molecule has 162 valence electrons. The zero-order valence-electron chi connectivity index (χ0n) is 17.0. The number of benzene rings is 1. The first-order valence-electron chi connectivity index (χ1n) is 9.81. The van der Waals surface area contributed by atoms with E-state index in [1.54, 1.807) is 11.8 Å². The molecule has 0 saturated carbocycles. The minimum Gasteiger partial charge on any atom is -0.448 e. The van der Waals surface area contributed by atoms with Gasteiger partial charge in [0.1, 0.15) is 6.61 Å². The number of pyridine rings is 1.